The summed E-state index contributed by atoms with van der Waals surface area (Å²) in [7, 11) is 1.35. The van der Waals surface area contributed by atoms with Gasteiger partial charge in [0, 0.05) is 18.2 Å². The van der Waals surface area contributed by atoms with Crippen molar-refractivity contribution in [2.75, 3.05) is 33.5 Å². The van der Waals surface area contributed by atoms with Crippen LogP contribution in [0.25, 0.3) is 0 Å². The highest BCUT2D eigenvalue weighted by Gasteiger charge is 2.34. The summed E-state index contributed by atoms with van der Waals surface area (Å²) in [5.74, 6) is 0.997. The van der Waals surface area contributed by atoms with Crippen LogP contribution in [0.1, 0.15) is 50.4 Å². The quantitative estimate of drug-likeness (QED) is 0.550. The van der Waals surface area contributed by atoms with E-state index in [-0.39, 0.29) is 24.3 Å². The summed E-state index contributed by atoms with van der Waals surface area (Å²) >= 11 is 0. The molecule has 7 heteroatoms. The van der Waals surface area contributed by atoms with E-state index in [2.05, 4.69) is 0 Å². The monoisotopic (exact) mass is 379 g/mol. The lowest BCUT2D eigenvalue weighted by Gasteiger charge is -2.23. The van der Waals surface area contributed by atoms with Gasteiger partial charge in [-0.2, -0.15) is 0 Å². The Balaban J connectivity index is 2.33. The van der Waals surface area contributed by atoms with Gasteiger partial charge in [0.25, 0.3) is 5.91 Å². The predicted octanol–water partition coefficient (Wildman–Crippen LogP) is 3.05. The van der Waals surface area contributed by atoms with Crippen LogP contribution in [-0.4, -0.2) is 56.3 Å². The van der Waals surface area contributed by atoms with Crippen molar-refractivity contribution < 1.29 is 28.5 Å². The summed E-state index contributed by atoms with van der Waals surface area (Å²) in [6, 6.07) is 3.54. The van der Waals surface area contributed by atoms with Gasteiger partial charge >= 0.3 is 5.97 Å². The van der Waals surface area contributed by atoms with Crippen LogP contribution in [0, 0.1) is 0 Å². The molecule has 1 amide bonds. The van der Waals surface area contributed by atoms with Crippen molar-refractivity contribution in [2.45, 2.75) is 46.1 Å². The lowest BCUT2D eigenvalue weighted by molar-refractivity contribution is -0.140. The Morgan fingerprint density at radius 1 is 1.00 bits per heavy atom. The number of benzene rings is 1. The van der Waals surface area contributed by atoms with Crippen LogP contribution in [0.3, 0.4) is 0 Å². The molecular weight excluding hydrogens is 350 g/mol. The zero-order chi connectivity index (χ0) is 19.8. The molecule has 1 aromatic rings. The number of hydrogen-bond donors (Lipinski definition) is 0. The zero-order valence-electron chi connectivity index (χ0n) is 16.6. The van der Waals surface area contributed by atoms with Crippen molar-refractivity contribution in [3.63, 3.8) is 0 Å². The summed E-state index contributed by atoms with van der Waals surface area (Å²) < 4.78 is 21.8. The van der Waals surface area contributed by atoms with Crippen LogP contribution >= 0.6 is 0 Å². The molecule has 2 rings (SSSR count). The number of carbonyl (C=O) groups excluding carboxylic acids is 2. The molecule has 1 saturated carbocycles. The first-order valence-electron chi connectivity index (χ1n) is 9.49. The molecular formula is C20H29NO6. The lowest BCUT2D eigenvalue weighted by Crippen LogP contribution is -2.35. The molecule has 27 heavy (non-hydrogen) atoms. The van der Waals surface area contributed by atoms with E-state index in [1.807, 2.05) is 20.8 Å². The van der Waals surface area contributed by atoms with Crippen molar-refractivity contribution in [1.29, 1.82) is 0 Å². The van der Waals surface area contributed by atoms with Crippen LogP contribution in [-0.2, 0) is 9.53 Å². The SMILES string of the molecule is CCOc1cc(C(=O)N(CCC(=O)OC)C2CC2)cc(OCC)c1OCC. The Morgan fingerprint density at radius 2 is 1.56 bits per heavy atom. The van der Waals surface area contributed by atoms with E-state index in [1.54, 1.807) is 17.0 Å². The highest BCUT2D eigenvalue weighted by atomic mass is 16.5. The third-order valence-corrected chi connectivity index (χ3v) is 4.19. The van der Waals surface area contributed by atoms with Crippen molar-refractivity contribution >= 4 is 11.9 Å². The maximum atomic E-state index is 13.1. The largest absolute Gasteiger partial charge is 0.490 e. The molecule has 0 radical (unpaired) electrons. The van der Waals surface area contributed by atoms with Crippen molar-refractivity contribution in [3.05, 3.63) is 17.7 Å². The standard InChI is InChI=1S/C20H29NO6/c1-5-25-16-12-14(13-17(26-6-2)19(16)27-7-3)20(23)21(15-8-9-15)11-10-18(22)24-4/h12-13,15H,5-11H2,1-4H3. The van der Waals surface area contributed by atoms with Gasteiger partial charge in [0.2, 0.25) is 5.75 Å². The Kier molecular flexibility index (Phi) is 7.76. The van der Waals surface area contributed by atoms with E-state index in [0.29, 0.717) is 49.2 Å². The second kappa shape index (κ2) is 10.0. The third-order valence-electron chi connectivity index (χ3n) is 4.19. The van der Waals surface area contributed by atoms with Crippen LogP contribution in [0.2, 0.25) is 0 Å². The summed E-state index contributed by atoms with van der Waals surface area (Å²) in [6.07, 6.45) is 2.06. The number of nitrogens with zero attached hydrogens (tertiary/aromatic N) is 1. The molecule has 1 aliphatic carbocycles. The Morgan fingerprint density at radius 3 is 2.00 bits per heavy atom. The topological polar surface area (TPSA) is 74.3 Å². The van der Waals surface area contributed by atoms with E-state index < -0.39 is 0 Å². The number of carbonyl (C=O) groups is 2. The highest BCUT2D eigenvalue weighted by Crippen LogP contribution is 2.40. The maximum absolute atomic E-state index is 13.1. The van der Waals surface area contributed by atoms with Gasteiger partial charge in [-0.15, -0.1) is 0 Å². The molecule has 1 fully saturated rings. The molecule has 0 aromatic heterocycles. The first-order valence-corrected chi connectivity index (χ1v) is 9.49. The van der Waals surface area contributed by atoms with Gasteiger partial charge in [-0.05, 0) is 45.7 Å². The summed E-state index contributed by atoms with van der Waals surface area (Å²) in [5.41, 5.74) is 0.460. The molecule has 0 heterocycles. The molecule has 1 aromatic carbocycles. The van der Waals surface area contributed by atoms with Crippen molar-refractivity contribution in [2.24, 2.45) is 0 Å². The molecule has 0 atom stereocenters. The Bertz CT molecular complexity index is 629. The maximum Gasteiger partial charge on any atom is 0.307 e. The minimum absolute atomic E-state index is 0.147. The van der Waals surface area contributed by atoms with Gasteiger partial charge in [0.15, 0.2) is 11.5 Å². The number of amides is 1. The van der Waals surface area contributed by atoms with Gasteiger partial charge in [-0.3, -0.25) is 9.59 Å². The molecule has 7 nitrogen and oxygen atoms in total. The third kappa shape index (κ3) is 5.52. The molecule has 0 bridgehead atoms. The number of ether oxygens (including phenoxy) is 4. The van der Waals surface area contributed by atoms with Gasteiger partial charge in [-0.25, -0.2) is 0 Å². The smallest absolute Gasteiger partial charge is 0.307 e. The average Bonchev–Trinajstić information content (AvgIpc) is 3.49. The summed E-state index contributed by atoms with van der Waals surface area (Å²) in [6.45, 7) is 7.30. The van der Waals surface area contributed by atoms with E-state index in [9.17, 15) is 9.59 Å². The minimum atomic E-state index is -0.329. The van der Waals surface area contributed by atoms with Gasteiger partial charge in [-0.1, -0.05) is 0 Å². The molecule has 1 aliphatic rings. The van der Waals surface area contributed by atoms with Gasteiger partial charge in [0.05, 0.1) is 33.4 Å². The fourth-order valence-corrected chi connectivity index (χ4v) is 2.83. The molecule has 0 saturated heterocycles. The molecule has 150 valence electrons. The van der Waals surface area contributed by atoms with Crippen molar-refractivity contribution in [1.82, 2.24) is 4.90 Å². The first kappa shape index (κ1) is 20.9. The predicted molar refractivity (Wildman–Crippen MR) is 101 cm³/mol. The molecule has 0 N–H and O–H groups in total. The van der Waals surface area contributed by atoms with E-state index in [1.165, 1.54) is 7.11 Å². The molecule has 0 unspecified atom stereocenters. The number of rotatable bonds is 11. The molecule has 0 aliphatic heterocycles. The van der Waals surface area contributed by atoms with E-state index >= 15 is 0 Å². The van der Waals surface area contributed by atoms with Gasteiger partial charge < -0.3 is 23.8 Å². The van der Waals surface area contributed by atoms with Crippen LogP contribution < -0.4 is 14.2 Å². The van der Waals surface area contributed by atoms with E-state index in [0.717, 1.165) is 12.8 Å². The number of methoxy groups -OCH3 is 1. The second-order valence-corrected chi connectivity index (χ2v) is 6.16. The van der Waals surface area contributed by atoms with Crippen LogP contribution in [0.5, 0.6) is 17.2 Å². The van der Waals surface area contributed by atoms with Crippen molar-refractivity contribution in [3.8, 4) is 17.2 Å². The van der Waals surface area contributed by atoms with Crippen LogP contribution in [0.15, 0.2) is 12.1 Å². The second-order valence-electron chi connectivity index (χ2n) is 6.16. The summed E-state index contributed by atoms with van der Waals surface area (Å²) in [4.78, 5) is 26.4. The normalized spacial score (nSPS) is 13.0. The highest BCUT2D eigenvalue weighted by molar-refractivity contribution is 5.96. The fraction of sp³-hybridized carbons (Fsp3) is 0.600. The number of hydrogen-bond acceptors (Lipinski definition) is 6. The lowest BCUT2D eigenvalue weighted by atomic mass is 10.1. The van der Waals surface area contributed by atoms with E-state index in [4.69, 9.17) is 18.9 Å². The fourth-order valence-electron chi connectivity index (χ4n) is 2.83. The Labute approximate surface area is 160 Å². The average molecular weight is 379 g/mol. The number of esters is 1. The zero-order valence-corrected chi connectivity index (χ0v) is 16.6. The minimum Gasteiger partial charge on any atom is -0.490 e. The molecule has 0 spiro atoms. The first-order chi connectivity index (χ1) is 13.0. The van der Waals surface area contributed by atoms with Crippen LogP contribution in [0.4, 0.5) is 0 Å². The Hall–Kier alpha value is -2.44. The summed E-state index contributed by atoms with van der Waals surface area (Å²) in [5, 5.41) is 0. The van der Waals surface area contributed by atoms with Gasteiger partial charge in [0.1, 0.15) is 0 Å².